The van der Waals surface area contributed by atoms with Gasteiger partial charge in [-0.05, 0) is 18.4 Å². The molecule has 0 radical (unpaired) electrons. The van der Waals surface area contributed by atoms with Gasteiger partial charge in [-0.15, -0.1) is 0 Å². The number of carbonyl (C=O) groups excluding carboxylic acids is 2. The Kier molecular flexibility index (Phi) is 2.73. The number of rotatable bonds is 5. The average Bonchev–Trinajstić information content (AvgIpc) is 2.98. The van der Waals surface area contributed by atoms with Crippen LogP contribution in [-0.4, -0.2) is 42.5 Å². The second-order valence-electron chi connectivity index (χ2n) is 4.04. The van der Waals surface area contributed by atoms with Crippen molar-refractivity contribution in [2.24, 2.45) is 0 Å². The van der Waals surface area contributed by atoms with Crippen LogP contribution in [0, 0.1) is 0 Å². The number of hydrogen-bond donors (Lipinski definition) is 2. The van der Waals surface area contributed by atoms with E-state index in [1.165, 1.54) is 17.7 Å². The topological polar surface area (TPSA) is 61.4 Å². The highest BCUT2D eigenvalue weighted by Gasteiger charge is 2.28. The van der Waals surface area contributed by atoms with E-state index in [9.17, 15) is 9.59 Å². The third-order valence-electron chi connectivity index (χ3n) is 2.54. The van der Waals surface area contributed by atoms with Crippen LogP contribution in [0.1, 0.15) is 12.8 Å². The van der Waals surface area contributed by atoms with Gasteiger partial charge in [0.1, 0.15) is 0 Å². The molecule has 0 unspecified atom stereocenters. The van der Waals surface area contributed by atoms with E-state index in [0.717, 1.165) is 5.57 Å². The minimum absolute atomic E-state index is 0.113. The summed E-state index contributed by atoms with van der Waals surface area (Å²) in [6.07, 6.45) is 2.44. The molecule has 0 bridgehead atoms. The molecule has 1 aliphatic carbocycles. The number of nitrogens with one attached hydrogen (secondary N) is 2. The van der Waals surface area contributed by atoms with Crippen molar-refractivity contribution in [3.63, 3.8) is 0 Å². The number of amides is 3. The van der Waals surface area contributed by atoms with Crippen LogP contribution in [0.3, 0.4) is 0 Å². The molecule has 1 aliphatic heterocycles. The second-order valence-corrected chi connectivity index (χ2v) is 4.04. The zero-order valence-electron chi connectivity index (χ0n) is 8.58. The first-order valence-electron chi connectivity index (χ1n) is 5.15. The first-order chi connectivity index (χ1) is 7.16. The molecule has 2 N–H and O–H groups in total. The fourth-order valence-corrected chi connectivity index (χ4v) is 1.47. The van der Waals surface area contributed by atoms with Crippen LogP contribution in [0.15, 0.2) is 12.2 Å². The first-order valence-corrected chi connectivity index (χ1v) is 5.15. The van der Waals surface area contributed by atoms with Gasteiger partial charge in [-0.3, -0.25) is 9.69 Å². The predicted molar refractivity (Wildman–Crippen MR) is 55.3 cm³/mol. The van der Waals surface area contributed by atoms with E-state index in [4.69, 9.17) is 0 Å². The quantitative estimate of drug-likeness (QED) is 0.489. The fraction of sp³-hybridized carbons (Fsp3) is 0.600. The van der Waals surface area contributed by atoms with Crippen molar-refractivity contribution >= 4 is 11.9 Å². The van der Waals surface area contributed by atoms with E-state index >= 15 is 0 Å². The van der Waals surface area contributed by atoms with Crippen LogP contribution in [0.4, 0.5) is 4.79 Å². The molecule has 1 saturated carbocycles. The van der Waals surface area contributed by atoms with Gasteiger partial charge in [-0.2, -0.15) is 0 Å². The van der Waals surface area contributed by atoms with Gasteiger partial charge in [0.25, 0.3) is 0 Å². The maximum Gasteiger partial charge on any atom is 0.324 e. The third-order valence-corrected chi connectivity index (χ3v) is 2.54. The molecule has 0 aromatic carbocycles. The summed E-state index contributed by atoms with van der Waals surface area (Å²) in [5.41, 5.74) is 0.868. The van der Waals surface area contributed by atoms with Gasteiger partial charge in [-0.25, -0.2) is 4.79 Å². The molecule has 2 aliphatic rings. The van der Waals surface area contributed by atoms with Crippen molar-refractivity contribution in [3.05, 3.63) is 12.2 Å². The minimum Gasteiger partial charge on any atom is -0.329 e. The molecule has 0 aromatic heterocycles. The van der Waals surface area contributed by atoms with E-state index in [0.29, 0.717) is 19.1 Å². The smallest absolute Gasteiger partial charge is 0.324 e. The molecule has 2 fully saturated rings. The highest BCUT2D eigenvalue weighted by atomic mass is 16.2. The zero-order chi connectivity index (χ0) is 10.8. The van der Waals surface area contributed by atoms with Crippen LogP contribution in [0.5, 0.6) is 0 Å². The molecule has 0 aromatic rings. The maximum atomic E-state index is 11.3. The summed E-state index contributed by atoms with van der Waals surface area (Å²) in [5.74, 6) is -0.174. The minimum atomic E-state index is -0.312. The molecule has 1 saturated heterocycles. The van der Waals surface area contributed by atoms with Crippen LogP contribution in [0.25, 0.3) is 0 Å². The molecule has 5 nitrogen and oxygen atoms in total. The lowest BCUT2D eigenvalue weighted by atomic mass is 10.3. The molecule has 5 heteroatoms. The molecule has 15 heavy (non-hydrogen) atoms. The highest BCUT2D eigenvalue weighted by Crippen LogP contribution is 2.18. The maximum absolute atomic E-state index is 11.3. The second kappa shape index (κ2) is 4.02. The van der Waals surface area contributed by atoms with E-state index in [-0.39, 0.29) is 18.5 Å². The summed E-state index contributed by atoms with van der Waals surface area (Å²) in [6, 6.07) is 0.303. The summed E-state index contributed by atoms with van der Waals surface area (Å²) >= 11 is 0. The average molecular weight is 209 g/mol. The SMILES string of the molecule is C=C(CNC1CC1)CN1C(=O)CNC1=O. The molecular formula is C10H15N3O2. The first kappa shape index (κ1) is 10.2. The number of hydrogen-bond acceptors (Lipinski definition) is 3. The van der Waals surface area contributed by atoms with Gasteiger partial charge in [0, 0.05) is 12.6 Å². The monoisotopic (exact) mass is 209 g/mol. The van der Waals surface area contributed by atoms with Crippen molar-refractivity contribution in [2.45, 2.75) is 18.9 Å². The molecule has 82 valence electrons. The lowest BCUT2D eigenvalue weighted by Crippen LogP contribution is -2.34. The molecular weight excluding hydrogens is 194 g/mol. The van der Waals surface area contributed by atoms with Crippen LogP contribution in [-0.2, 0) is 4.79 Å². The Bertz CT molecular complexity index is 294. The molecule has 0 atom stereocenters. The Balaban J connectivity index is 1.76. The lowest BCUT2D eigenvalue weighted by Gasteiger charge is -2.14. The van der Waals surface area contributed by atoms with Crippen LogP contribution >= 0.6 is 0 Å². The normalized spacial score (nSPS) is 20.7. The van der Waals surface area contributed by atoms with Gasteiger partial charge in [0.2, 0.25) is 5.91 Å². The molecule has 1 heterocycles. The summed E-state index contributed by atoms with van der Waals surface area (Å²) in [6.45, 7) is 4.97. The predicted octanol–water partition coefficient (Wildman–Crippen LogP) is -0.154. The Morgan fingerprint density at radius 1 is 1.53 bits per heavy atom. The molecule has 2 rings (SSSR count). The standard InChI is InChI=1S/C10H15N3O2/c1-7(4-11-8-2-3-8)6-13-9(14)5-12-10(13)15/h8,11H,1-6H2,(H,12,15). The van der Waals surface area contributed by atoms with Crippen molar-refractivity contribution < 1.29 is 9.59 Å². The Labute approximate surface area is 88.5 Å². The van der Waals surface area contributed by atoms with Gasteiger partial charge >= 0.3 is 6.03 Å². The fourth-order valence-electron chi connectivity index (χ4n) is 1.47. The van der Waals surface area contributed by atoms with Crippen LogP contribution < -0.4 is 10.6 Å². The van der Waals surface area contributed by atoms with Crippen molar-refractivity contribution in [3.8, 4) is 0 Å². The van der Waals surface area contributed by atoms with E-state index in [1.54, 1.807) is 0 Å². The Morgan fingerprint density at radius 2 is 2.27 bits per heavy atom. The number of nitrogens with zero attached hydrogens (tertiary/aromatic N) is 1. The zero-order valence-corrected chi connectivity index (χ0v) is 8.58. The van der Waals surface area contributed by atoms with E-state index in [2.05, 4.69) is 17.2 Å². The highest BCUT2D eigenvalue weighted by molar-refractivity contribution is 6.02. The van der Waals surface area contributed by atoms with Crippen molar-refractivity contribution in [2.75, 3.05) is 19.6 Å². The van der Waals surface area contributed by atoms with Crippen molar-refractivity contribution in [1.29, 1.82) is 0 Å². The van der Waals surface area contributed by atoms with E-state index in [1.807, 2.05) is 0 Å². The summed E-state index contributed by atoms with van der Waals surface area (Å²) in [4.78, 5) is 23.7. The van der Waals surface area contributed by atoms with Gasteiger partial charge < -0.3 is 10.6 Å². The molecule has 0 spiro atoms. The van der Waals surface area contributed by atoms with Gasteiger partial charge in [0.05, 0.1) is 13.1 Å². The van der Waals surface area contributed by atoms with Gasteiger partial charge in [-0.1, -0.05) is 6.58 Å². The third kappa shape index (κ3) is 2.56. The molecule has 3 amide bonds. The largest absolute Gasteiger partial charge is 0.329 e. The van der Waals surface area contributed by atoms with Gasteiger partial charge in [0.15, 0.2) is 0 Å². The summed E-state index contributed by atoms with van der Waals surface area (Å²) < 4.78 is 0. The van der Waals surface area contributed by atoms with E-state index < -0.39 is 0 Å². The number of carbonyl (C=O) groups is 2. The number of imide groups is 1. The van der Waals surface area contributed by atoms with Crippen LogP contribution in [0.2, 0.25) is 0 Å². The Hall–Kier alpha value is -1.36. The summed E-state index contributed by atoms with van der Waals surface area (Å²) in [5, 5.41) is 5.77. The lowest BCUT2D eigenvalue weighted by molar-refractivity contribution is -0.124. The Morgan fingerprint density at radius 3 is 2.80 bits per heavy atom. The number of urea groups is 1. The van der Waals surface area contributed by atoms with Crippen molar-refractivity contribution in [1.82, 2.24) is 15.5 Å². The summed E-state index contributed by atoms with van der Waals surface area (Å²) in [7, 11) is 0.